The van der Waals surface area contributed by atoms with Gasteiger partial charge in [0, 0.05) is 24.2 Å². The fourth-order valence-corrected chi connectivity index (χ4v) is 2.82. The SMILES string of the molecule is CC(=O)N1c2ccc(-c3cc(C=O)[nH]n3)cc2CC1C. The zero-order valence-corrected chi connectivity index (χ0v) is 11.4. The number of nitrogens with one attached hydrogen (secondary N) is 1. The third-order valence-corrected chi connectivity index (χ3v) is 3.65. The number of hydrogen-bond donors (Lipinski definition) is 1. The molecule has 2 heterocycles. The van der Waals surface area contributed by atoms with Crippen LogP contribution in [0.25, 0.3) is 11.3 Å². The summed E-state index contributed by atoms with van der Waals surface area (Å²) < 4.78 is 0. The van der Waals surface area contributed by atoms with E-state index in [1.54, 1.807) is 13.0 Å². The van der Waals surface area contributed by atoms with Crippen molar-refractivity contribution in [3.63, 3.8) is 0 Å². The number of hydrogen-bond acceptors (Lipinski definition) is 3. The first kappa shape index (κ1) is 12.6. The minimum Gasteiger partial charge on any atom is -0.309 e. The van der Waals surface area contributed by atoms with Crippen molar-refractivity contribution in [3.8, 4) is 11.3 Å². The highest BCUT2D eigenvalue weighted by atomic mass is 16.2. The summed E-state index contributed by atoms with van der Waals surface area (Å²) in [5.41, 5.74) is 4.26. The Labute approximate surface area is 116 Å². The van der Waals surface area contributed by atoms with Gasteiger partial charge in [0.2, 0.25) is 5.91 Å². The average molecular weight is 269 g/mol. The van der Waals surface area contributed by atoms with Crippen LogP contribution in [-0.2, 0) is 11.2 Å². The van der Waals surface area contributed by atoms with Gasteiger partial charge in [0.05, 0.1) is 11.4 Å². The molecule has 1 atom stereocenters. The summed E-state index contributed by atoms with van der Waals surface area (Å²) in [6.45, 7) is 3.63. The van der Waals surface area contributed by atoms with Crippen LogP contribution >= 0.6 is 0 Å². The maximum Gasteiger partial charge on any atom is 0.224 e. The highest BCUT2D eigenvalue weighted by molar-refractivity contribution is 5.95. The first-order chi connectivity index (χ1) is 9.60. The molecule has 0 radical (unpaired) electrons. The Kier molecular flexibility index (Phi) is 2.89. The Balaban J connectivity index is 2.01. The molecule has 1 aromatic heterocycles. The second kappa shape index (κ2) is 4.59. The molecule has 5 heteroatoms. The molecule has 20 heavy (non-hydrogen) atoms. The summed E-state index contributed by atoms with van der Waals surface area (Å²) in [7, 11) is 0. The topological polar surface area (TPSA) is 66.1 Å². The third-order valence-electron chi connectivity index (χ3n) is 3.65. The van der Waals surface area contributed by atoms with Gasteiger partial charge in [0.15, 0.2) is 6.29 Å². The number of aldehydes is 1. The number of benzene rings is 1. The summed E-state index contributed by atoms with van der Waals surface area (Å²) >= 11 is 0. The van der Waals surface area contributed by atoms with Crippen LogP contribution in [0.2, 0.25) is 0 Å². The van der Waals surface area contributed by atoms with Crippen LogP contribution in [0.3, 0.4) is 0 Å². The highest BCUT2D eigenvalue weighted by Crippen LogP contribution is 2.35. The smallest absolute Gasteiger partial charge is 0.224 e. The number of fused-ring (bicyclic) bond motifs is 1. The van der Waals surface area contributed by atoms with E-state index in [4.69, 9.17) is 0 Å². The molecule has 0 aliphatic carbocycles. The normalized spacial score (nSPS) is 17.1. The van der Waals surface area contributed by atoms with Gasteiger partial charge in [0.1, 0.15) is 0 Å². The van der Waals surface area contributed by atoms with Crippen LogP contribution in [-0.4, -0.2) is 28.4 Å². The molecular formula is C15H15N3O2. The Morgan fingerprint density at radius 1 is 1.45 bits per heavy atom. The van der Waals surface area contributed by atoms with E-state index >= 15 is 0 Å². The van der Waals surface area contributed by atoms with Gasteiger partial charge in [-0.1, -0.05) is 6.07 Å². The van der Waals surface area contributed by atoms with Gasteiger partial charge in [-0.05, 0) is 37.1 Å². The lowest BCUT2D eigenvalue weighted by molar-refractivity contribution is -0.116. The standard InChI is InChI=1S/C15H15N3O2/c1-9-5-12-6-11(14-7-13(8-19)16-17-14)3-4-15(12)18(9)10(2)20/h3-4,6-9H,5H2,1-2H3,(H,16,17). The number of aromatic nitrogens is 2. The molecule has 1 amide bonds. The van der Waals surface area contributed by atoms with Crippen molar-refractivity contribution >= 4 is 17.9 Å². The molecule has 0 saturated carbocycles. The maximum absolute atomic E-state index is 11.7. The molecule has 1 N–H and O–H groups in total. The van der Waals surface area contributed by atoms with Gasteiger partial charge >= 0.3 is 0 Å². The summed E-state index contributed by atoms with van der Waals surface area (Å²) in [5, 5.41) is 6.79. The lowest BCUT2D eigenvalue weighted by Crippen LogP contribution is -2.33. The molecule has 1 aromatic carbocycles. The van der Waals surface area contributed by atoms with E-state index in [1.165, 1.54) is 0 Å². The van der Waals surface area contributed by atoms with Crippen molar-refractivity contribution in [1.82, 2.24) is 10.2 Å². The second-order valence-electron chi connectivity index (χ2n) is 5.11. The summed E-state index contributed by atoms with van der Waals surface area (Å²) in [5.74, 6) is 0.0620. The number of aromatic amines is 1. The molecule has 2 aromatic rings. The largest absolute Gasteiger partial charge is 0.309 e. The van der Waals surface area contributed by atoms with E-state index in [-0.39, 0.29) is 11.9 Å². The molecule has 1 unspecified atom stereocenters. The molecule has 1 aliphatic heterocycles. The quantitative estimate of drug-likeness (QED) is 0.850. The van der Waals surface area contributed by atoms with Crippen LogP contribution < -0.4 is 4.90 Å². The number of amides is 1. The van der Waals surface area contributed by atoms with Crippen LogP contribution in [0, 0.1) is 0 Å². The van der Waals surface area contributed by atoms with E-state index < -0.39 is 0 Å². The van der Waals surface area contributed by atoms with E-state index in [0.717, 1.165) is 35.2 Å². The van der Waals surface area contributed by atoms with Crippen molar-refractivity contribution in [2.75, 3.05) is 4.90 Å². The lowest BCUT2D eigenvalue weighted by atomic mass is 10.0. The predicted molar refractivity (Wildman–Crippen MR) is 75.7 cm³/mol. The Bertz CT molecular complexity index is 690. The van der Waals surface area contributed by atoms with Gasteiger partial charge in [0.25, 0.3) is 0 Å². The fourth-order valence-electron chi connectivity index (χ4n) is 2.82. The van der Waals surface area contributed by atoms with Gasteiger partial charge in [-0.25, -0.2) is 0 Å². The lowest BCUT2D eigenvalue weighted by Gasteiger charge is -2.20. The summed E-state index contributed by atoms with van der Waals surface area (Å²) in [4.78, 5) is 24.2. The van der Waals surface area contributed by atoms with E-state index in [0.29, 0.717) is 5.69 Å². The number of carbonyl (C=O) groups is 2. The van der Waals surface area contributed by atoms with Crippen molar-refractivity contribution in [2.45, 2.75) is 26.3 Å². The van der Waals surface area contributed by atoms with Crippen LogP contribution in [0.5, 0.6) is 0 Å². The Hall–Kier alpha value is -2.43. The predicted octanol–water partition coefficient (Wildman–Crippen LogP) is 2.19. The van der Waals surface area contributed by atoms with E-state index in [9.17, 15) is 9.59 Å². The van der Waals surface area contributed by atoms with Crippen LogP contribution in [0.1, 0.15) is 29.9 Å². The van der Waals surface area contributed by atoms with E-state index in [1.807, 2.05) is 30.0 Å². The van der Waals surface area contributed by atoms with Crippen molar-refractivity contribution < 1.29 is 9.59 Å². The highest BCUT2D eigenvalue weighted by Gasteiger charge is 2.29. The first-order valence-corrected chi connectivity index (χ1v) is 6.54. The van der Waals surface area contributed by atoms with E-state index in [2.05, 4.69) is 10.2 Å². The molecule has 0 spiro atoms. The van der Waals surface area contributed by atoms with Gasteiger partial charge in [-0.3, -0.25) is 14.7 Å². The second-order valence-corrected chi connectivity index (χ2v) is 5.11. The fraction of sp³-hybridized carbons (Fsp3) is 0.267. The molecule has 0 bridgehead atoms. The number of H-pyrrole nitrogens is 1. The molecular weight excluding hydrogens is 254 g/mol. The molecule has 1 aliphatic rings. The summed E-state index contributed by atoms with van der Waals surface area (Å²) in [6.07, 6.45) is 1.58. The van der Waals surface area contributed by atoms with Gasteiger partial charge in [-0.15, -0.1) is 0 Å². The van der Waals surface area contributed by atoms with Crippen molar-refractivity contribution in [1.29, 1.82) is 0 Å². The first-order valence-electron chi connectivity index (χ1n) is 6.54. The Morgan fingerprint density at radius 2 is 2.25 bits per heavy atom. The molecule has 0 saturated heterocycles. The average Bonchev–Trinajstić information content (AvgIpc) is 3.00. The maximum atomic E-state index is 11.7. The minimum absolute atomic E-state index is 0.0620. The number of nitrogens with zero attached hydrogens (tertiary/aromatic N) is 2. The number of anilines is 1. The zero-order valence-electron chi connectivity index (χ0n) is 11.4. The van der Waals surface area contributed by atoms with Gasteiger partial charge < -0.3 is 4.90 Å². The molecule has 5 nitrogen and oxygen atoms in total. The summed E-state index contributed by atoms with van der Waals surface area (Å²) in [6, 6.07) is 7.82. The van der Waals surface area contributed by atoms with Crippen molar-refractivity contribution in [2.24, 2.45) is 0 Å². The zero-order chi connectivity index (χ0) is 14.3. The minimum atomic E-state index is 0.0620. The Morgan fingerprint density at radius 3 is 2.90 bits per heavy atom. The molecule has 102 valence electrons. The number of carbonyl (C=O) groups excluding carboxylic acids is 2. The number of rotatable bonds is 2. The third kappa shape index (κ3) is 1.91. The molecule has 3 rings (SSSR count). The molecule has 0 fully saturated rings. The van der Waals surface area contributed by atoms with Crippen LogP contribution in [0.4, 0.5) is 5.69 Å². The van der Waals surface area contributed by atoms with Crippen molar-refractivity contribution in [3.05, 3.63) is 35.5 Å². The van der Waals surface area contributed by atoms with Gasteiger partial charge in [-0.2, -0.15) is 5.10 Å². The monoisotopic (exact) mass is 269 g/mol. The van der Waals surface area contributed by atoms with Crippen LogP contribution in [0.15, 0.2) is 24.3 Å².